The summed E-state index contributed by atoms with van der Waals surface area (Å²) in [5, 5.41) is 16.8. The van der Waals surface area contributed by atoms with Gasteiger partial charge in [-0.25, -0.2) is 0 Å². The molecular formula is C14H19N3O3S. The zero-order valence-corrected chi connectivity index (χ0v) is 12.6. The molecule has 2 aromatic rings. The highest BCUT2D eigenvalue weighted by Crippen LogP contribution is 2.21. The molecule has 0 saturated carbocycles. The molecule has 0 spiro atoms. The minimum atomic E-state index is 0.0917. The topological polar surface area (TPSA) is 71.6 Å². The van der Waals surface area contributed by atoms with Crippen LogP contribution in [0.4, 0.5) is 0 Å². The fraction of sp³-hybridized carbons (Fsp3) is 0.571. The van der Waals surface area contributed by atoms with Crippen LogP contribution in [0.1, 0.15) is 18.7 Å². The monoisotopic (exact) mass is 309 g/mol. The Hall–Kier alpha value is -1.28. The standard InChI is InChI=1S/C14H19N3O3S/c18-6-7-19-12-1-4-17(5-2-12)9-13-15-14(20-16-13)11-3-8-21-10-11/h3,8,10,12,18H,1-2,4-7,9H2. The number of aliphatic hydroxyl groups is 1. The van der Waals surface area contributed by atoms with Gasteiger partial charge in [-0.1, -0.05) is 5.16 Å². The largest absolute Gasteiger partial charge is 0.394 e. The molecule has 1 aliphatic rings. The van der Waals surface area contributed by atoms with Crippen molar-refractivity contribution in [3.8, 4) is 11.5 Å². The average molecular weight is 309 g/mol. The molecule has 6 nitrogen and oxygen atoms in total. The summed E-state index contributed by atoms with van der Waals surface area (Å²) in [6.45, 7) is 3.14. The highest BCUT2D eigenvalue weighted by Gasteiger charge is 2.21. The molecule has 0 aliphatic carbocycles. The van der Waals surface area contributed by atoms with Crippen LogP contribution >= 0.6 is 11.3 Å². The molecule has 1 N–H and O–H groups in total. The summed E-state index contributed by atoms with van der Waals surface area (Å²) in [5.41, 5.74) is 0.981. The highest BCUT2D eigenvalue weighted by molar-refractivity contribution is 7.08. The van der Waals surface area contributed by atoms with E-state index in [0.717, 1.165) is 37.3 Å². The van der Waals surface area contributed by atoms with Crippen molar-refractivity contribution in [3.05, 3.63) is 22.7 Å². The van der Waals surface area contributed by atoms with E-state index >= 15 is 0 Å². The van der Waals surface area contributed by atoms with E-state index in [9.17, 15) is 0 Å². The first kappa shape index (κ1) is 14.6. The molecule has 3 heterocycles. The predicted molar refractivity (Wildman–Crippen MR) is 78.9 cm³/mol. The first-order valence-electron chi connectivity index (χ1n) is 7.15. The lowest BCUT2D eigenvalue weighted by Crippen LogP contribution is -2.37. The number of piperidine rings is 1. The minimum Gasteiger partial charge on any atom is -0.394 e. The van der Waals surface area contributed by atoms with Crippen LogP contribution in [-0.2, 0) is 11.3 Å². The number of nitrogens with zero attached hydrogens (tertiary/aromatic N) is 3. The van der Waals surface area contributed by atoms with Gasteiger partial charge in [-0.15, -0.1) is 0 Å². The van der Waals surface area contributed by atoms with Crippen LogP contribution in [0.25, 0.3) is 11.5 Å². The maximum absolute atomic E-state index is 8.76. The molecule has 0 bridgehead atoms. The van der Waals surface area contributed by atoms with Crippen LogP contribution in [0.3, 0.4) is 0 Å². The Labute approximate surface area is 127 Å². The summed E-state index contributed by atoms with van der Waals surface area (Å²) in [6, 6.07) is 1.98. The summed E-state index contributed by atoms with van der Waals surface area (Å²) in [6.07, 6.45) is 2.23. The van der Waals surface area contributed by atoms with E-state index in [0.29, 0.717) is 19.0 Å². The van der Waals surface area contributed by atoms with E-state index in [-0.39, 0.29) is 12.7 Å². The lowest BCUT2D eigenvalue weighted by atomic mass is 10.1. The van der Waals surface area contributed by atoms with E-state index in [1.807, 2.05) is 16.8 Å². The van der Waals surface area contributed by atoms with Gasteiger partial charge in [0.25, 0.3) is 5.89 Å². The van der Waals surface area contributed by atoms with Crippen LogP contribution in [0, 0.1) is 0 Å². The number of aliphatic hydroxyl groups excluding tert-OH is 1. The van der Waals surface area contributed by atoms with Gasteiger partial charge < -0.3 is 14.4 Å². The van der Waals surface area contributed by atoms with E-state index < -0.39 is 0 Å². The summed E-state index contributed by atoms with van der Waals surface area (Å²) in [4.78, 5) is 6.74. The zero-order chi connectivity index (χ0) is 14.5. The van der Waals surface area contributed by atoms with Crippen molar-refractivity contribution in [1.82, 2.24) is 15.0 Å². The molecule has 0 aromatic carbocycles. The van der Waals surface area contributed by atoms with Crippen molar-refractivity contribution in [1.29, 1.82) is 0 Å². The van der Waals surface area contributed by atoms with E-state index in [1.54, 1.807) is 11.3 Å². The van der Waals surface area contributed by atoms with Crippen LogP contribution in [0.2, 0.25) is 0 Å². The maximum atomic E-state index is 8.76. The molecule has 1 aliphatic heterocycles. The Morgan fingerprint density at radius 2 is 2.29 bits per heavy atom. The first-order chi connectivity index (χ1) is 10.3. The molecule has 7 heteroatoms. The number of ether oxygens (including phenoxy) is 1. The van der Waals surface area contributed by atoms with Gasteiger partial charge in [0.1, 0.15) is 0 Å². The lowest BCUT2D eigenvalue weighted by molar-refractivity contribution is -0.00946. The van der Waals surface area contributed by atoms with Gasteiger partial charge in [-0.05, 0) is 24.3 Å². The third-order valence-corrected chi connectivity index (χ3v) is 4.26. The highest BCUT2D eigenvalue weighted by atomic mass is 32.1. The molecule has 0 radical (unpaired) electrons. The van der Waals surface area contributed by atoms with Crippen molar-refractivity contribution >= 4 is 11.3 Å². The maximum Gasteiger partial charge on any atom is 0.258 e. The molecule has 0 unspecified atom stereocenters. The van der Waals surface area contributed by atoms with Crippen molar-refractivity contribution < 1.29 is 14.4 Å². The van der Waals surface area contributed by atoms with Gasteiger partial charge in [-0.2, -0.15) is 16.3 Å². The fourth-order valence-electron chi connectivity index (χ4n) is 2.48. The smallest absolute Gasteiger partial charge is 0.258 e. The van der Waals surface area contributed by atoms with Crippen LogP contribution in [-0.4, -0.2) is 52.6 Å². The van der Waals surface area contributed by atoms with Crippen LogP contribution < -0.4 is 0 Å². The van der Waals surface area contributed by atoms with Crippen molar-refractivity contribution in [3.63, 3.8) is 0 Å². The second-order valence-electron chi connectivity index (χ2n) is 5.10. The summed E-state index contributed by atoms with van der Waals surface area (Å²) >= 11 is 1.62. The molecule has 1 saturated heterocycles. The van der Waals surface area contributed by atoms with Gasteiger partial charge in [-0.3, -0.25) is 4.90 Å². The summed E-state index contributed by atoms with van der Waals surface area (Å²) < 4.78 is 10.8. The molecule has 2 aromatic heterocycles. The van der Waals surface area contributed by atoms with E-state index in [1.165, 1.54) is 0 Å². The number of aromatic nitrogens is 2. The molecule has 1 fully saturated rings. The molecule has 0 amide bonds. The molecular weight excluding hydrogens is 290 g/mol. The normalized spacial score (nSPS) is 17.4. The predicted octanol–water partition coefficient (Wildman–Crippen LogP) is 1.77. The summed E-state index contributed by atoms with van der Waals surface area (Å²) in [5.74, 6) is 1.32. The second kappa shape index (κ2) is 7.13. The van der Waals surface area contributed by atoms with Gasteiger partial charge >= 0.3 is 0 Å². The third-order valence-electron chi connectivity index (χ3n) is 3.58. The van der Waals surface area contributed by atoms with Gasteiger partial charge in [0.15, 0.2) is 5.82 Å². The summed E-state index contributed by atoms with van der Waals surface area (Å²) in [7, 11) is 0. The molecule has 0 atom stereocenters. The number of rotatable bonds is 6. The zero-order valence-electron chi connectivity index (χ0n) is 11.8. The second-order valence-corrected chi connectivity index (χ2v) is 5.88. The van der Waals surface area contributed by atoms with Crippen LogP contribution in [0.5, 0.6) is 0 Å². The molecule has 21 heavy (non-hydrogen) atoms. The van der Waals surface area contributed by atoms with E-state index in [4.69, 9.17) is 14.4 Å². The van der Waals surface area contributed by atoms with Gasteiger partial charge in [0, 0.05) is 18.5 Å². The third kappa shape index (κ3) is 3.88. The number of thiophene rings is 1. The SMILES string of the molecule is OCCOC1CCN(Cc2noc(-c3ccsc3)n2)CC1. The van der Waals surface area contributed by atoms with Gasteiger partial charge in [0.2, 0.25) is 0 Å². The molecule has 3 rings (SSSR count). The average Bonchev–Trinajstić information content (AvgIpc) is 3.17. The van der Waals surface area contributed by atoms with Crippen molar-refractivity contribution in [2.75, 3.05) is 26.3 Å². The van der Waals surface area contributed by atoms with Crippen molar-refractivity contribution in [2.24, 2.45) is 0 Å². The van der Waals surface area contributed by atoms with E-state index in [2.05, 4.69) is 15.0 Å². The van der Waals surface area contributed by atoms with Crippen molar-refractivity contribution in [2.45, 2.75) is 25.5 Å². The Morgan fingerprint density at radius 3 is 3.00 bits per heavy atom. The Balaban J connectivity index is 1.49. The Kier molecular flexibility index (Phi) is 4.97. The number of likely N-dealkylation sites (tertiary alicyclic amines) is 1. The fourth-order valence-corrected chi connectivity index (χ4v) is 3.10. The van der Waals surface area contributed by atoms with Gasteiger partial charge in [0.05, 0.1) is 31.4 Å². The Morgan fingerprint density at radius 1 is 1.43 bits per heavy atom. The number of hydrogen-bond acceptors (Lipinski definition) is 7. The minimum absolute atomic E-state index is 0.0917. The van der Waals surface area contributed by atoms with Crippen LogP contribution in [0.15, 0.2) is 21.3 Å². The molecule has 114 valence electrons. The number of hydrogen-bond donors (Lipinski definition) is 1. The lowest BCUT2D eigenvalue weighted by Gasteiger charge is -2.30. The Bertz CT molecular complexity index is 535. The first-order valence-corrected chi connectivity index (χ1v) is 8.09. The quantitative estimate of drug-likeness (QED) is 0.877.